The molecular weight excluding hydrogens is 1100 g/mol. The van der Waals surface area contributed by atoms with Crippen molar-refractivity contribution < 1.29 is 117 Å². The van der Waals surface area contributed by atoms with E-state index in [1.54, 1.807) is 13.8 Å². The highest BCUT2D eigenvalue weighted by atomic mass is 16.8. The van der Waals surface area contributed by atoms with Crippen LogP contribution in [0.25, 0.3) is 0 Å². The number of fused-ring (bicyclic) bond motifs is 3. The molecule has 84 heavy (non-hydrogen) atoms. The number of rotatable bonds is 22. The molecule has 6 rings (SSSR count). The van der Waals surface area contributed by atoms with Gasteiger partial charge in [0.25, 0.3) is 0 Å². The van der Waals surface area contributed by atoms with Gasteiger partial charge in [-0.1, -0.05) is 117 Å². The third-order valence-corrected chi connectivity index (χ3v) is 17.1. The van der Waals surface area contributed by atoms with E-state index in [-0.39, 0.29) is 25.4 Å². The molecule has 0 amide bonds. The molecule has 6 aliphatic heterocycles. The molecule has 0 radical (unpaired) electrons. The Morgan fingerprint density at radius 1 is 0.417 bits per heavy atom. The number of unbranched alkanes of at least 4 members (excludes halogenated alkanes) is 8. The van der Waals surface area contributed by atoms with Gasteiger partial charge in [0, 0.05) is 19.3 Å². The summed E-state index contributed by atoms with van der Waals surface area (Å²) in [5.74, 6) is -2.03. The van der Waals surface area contributed by atoms with Crippen LogP contribution in [0.15, 0.2) is 0 Å². The van der Waals surface area contributed by atoms with Crippen molar-refractivity contribution in [3.8, 4) is 0 Å². The molecule has 6 heterocycles. The molecule has 26 atom stereocenters. The first-order chi connectivity index (χ1) is 40.2. The zero-order valence-electron chi connectivity index (χ0n) is 50.9. The maximum Gasteiger partial charge on any atom is 0.306 e. The Morgan fingerprint density at radius 3 is 1.58 bits per heavy atom. The summed E-state index contributed by atoms with van der Waals surface area (Å²) in [5.41, 5.74) is 0. The summed E-state index contributed by atoms with van der Waals surface area (Å²) < 4.78 is 82.1. The van der Waals surface area contributed by atoms with Crippen LogP contribution in [0.2, 0.25) is 0 Å². The Balaban J connectivity index is 1.34. The van der Waals surface area contributed by atoms with Crippen LogP contribution in [0.3, 0.4) is 0 Å². The molecular formula is C60H104O24. The lowest BCUT2D eigenvalue weighted by atomic mass is 9.95. The second-order valence-electron chi connectivity index (χ2n) is 24.1. The molecule has 8 N–H and O–H groups in total. The van der Waals surface area contributed by atoms with Crippen molar-refractivity contribution >= 4 is 17.9 Å². The van der Waals surface area contributed by atoms with E-state index < -0.39 is 171 Å². The van der Waals surface area contributed by atoms with E-state index in [0.29, 0.717) is 25.7 Å². The molecule has 24 heteroatoms. The number of aliphatic hydroxyl groups is 8. The summed E-state index contributed by atoms with van der Waals surface area (Å²) in [6.07, 6.45) is -21.7. The maximum absolute atomic E-state index is 14.1. The fraction of sp³-hybridized carbons (Fsp3) is 0.950. The van der Waals surface area contributed by atoms with Crippen molar-refractivity contribution in [1.29, 1.82) is 0 Å². The average Bonchev–Trinajstić information content (AvgIpc) is 2.65. The minimum atomic E-state index is -1.90. The van der Waals surface area contributed by atoms with E-state index >= 15 is 0 Å². The molecule has 6 fully saturated rings. The molecule has 24 nitrogen and oxygen atoms in total. The van der Waals surface area contributed by atoms with Crippen LogP contribution >= 0.6 is 0 Å². The Morgan fingerprint density at radius 2 is 0.905 bits per heavy atom. The highest BCUT2D eigenvalue weighted by Gasteiger charge is 2.58. The summed E-state index contributed by atoms with van der Waals surface area (Å²) in [7, 11) is 0. The van der Waals surface area contributed by atoms with Crippen molar-refractivity contribution in [1.82, 2.24) is 0 Å². The van der Waals surface area contributed by atoms with Crippen molar-refractivity contribution in [2.75, 3.05) is 0 Å². The minimum absolute atomic E-state index is 0.0252. The highest BCUT2D eigenvalue weighted by Crippen LogP contribution is 2.39. The van der Waals surface area contributed by atoms with Crippen LogP contribution < -0.4 is 0 Å². The summed E-state index contributed by atoms with van der Waals surface area (Å²) in [4.78, 5) is 41.0. The Kier molecular flexibility index (Phi) is 29.6. The molecule has 0 aromatic heterocycles. The smallest absolute Gasteiger partial charge is 0.306 e. The number of carbonyl (C=O) groups excluding carboxylic acids is 3. The van der Waals surface area contributed by atoms with Gasteiger partial charge in [-0.05, 0) is 66.7 Å². The molecule has 0 aliphatic carbocycles. The second kappa shape index (κ2) is 35.2. The van der Waals surface area contributed by atoms with Gasteiger partial charge in [0.05, 0.1) is 36.6 Å². The number of esters is 3. The topological polar surface area (TPSA) is 333 Å². The van der Waals surface area contributed by atoms with Gasteiger partial charge in [-0.3, -0.25) is 14.4 Å². The first-order valence-corrected chi connectivity index (χ1v) is 31.8. The minimum Gasteiger partial charge on any atom is -0.457 e. The quantitative estimate of drug-likeness (QED) is 0.0425. The van der Waals surface area contributed by atoms with Crippen LogP contribution in [0, 0.1) is 0 Å². The standard InChI is InChI=1S/C60H104O24/c1-9-12-15-19-25-30-38(61)78-49-34(6)74-57(47(70)45(49)68)81-51-36(8)76-60(55(80-40(63)29-23-14-11-3)54(51)84-56-46(69)43(66)41(64)32(4)72-56)82-50-35(7)75-58-48(71)52(50)79-39(62)31-26-21-18-16-17-20-24-28-37(27-22-13-10-2)77-59-53(83-58)44(67)42(65)33(5)73-59/h32-37,41-60,64-71H,9-31H2,1-8H3. The second-order valence-corrected chi connectivity index (χ2v) is 24.1. The summed E-state index contributed by atoms with van der Waals surface area (Å²) in [6.45, 7) is 13.8. The summed E-state index contributed by atoms with van der Waals surface area (Å²) in [5, 5.41) is 91.5. The lowest BCUT2D eigenvalue weighted by Crippen LogP contribution is -2.68. The number of aliphatic hydroxyl groups excluding tert-OH is 8. The molecule has 0 spiro atoms. The number of hydrogen-bond donors (Lipinski definition) is 8. The number of ether oxygens (including phenoxy) is 13. The van der Waals surface area contributed by atoms with E-state index in [1.165, 1.54) is 20.8 Å². The van der Waals surface area contributed by atoms with Gasteiger partial charge in [-0.2, -0.15) is 0 Å². The van der Waals surface area contributed by atoms with Crippen molar-refractivity contribution in [2.45, 2.75) is 363 Å². The molecule has 0 saturated carbocycles. The van der Waals surface area contributed by atoms with Gasteiger partial charge in [0.1, 0.15) is 73.2 Å². The van der Waals surface area contributed by atoms with E-state index in [0.717, 1.165) is 103 Å². The molecule has 6 saturated heterocycles. The van der Waals surface area contributed by atoms with Gasteiger partial charge in [-0.15, -0.1) is 0 Å². The Bertz CT molecular complexity index is 1920. The molecule has 26 unspecified atom stereocenters. The third kappa shape index (κ3) is 19.6. The summed E-state index contributed by atoms with van der Waals surface area (Å²) in [6, 6.07) is 0. The fourth-order valence-electron chi connectivity index (χ4n) is 11.9. The van der Waals surface area contributed by atoms with Crippen molar-refractivity contribution in [3.05, 3.63) is 0 Å². The molecule has 0 aromatic carbocycles. The normalized spacial score (nSPS) is 42.3. The molecule has 0 aromatic rings. The van der Waals surface area contributed by atoms with Gasteiger partial charge in [0.2, 0.25) is 0 Å². The van der Waals surface area contributed by atoms with Gasteiger partial charge >= 0.3 is 17.9 Å². The van der Waals surface area contributed by atoms with Gasteiger partial charge in [0.15, 0.2) is 49.8 Å². The summed E-state index contributed by atoms with van der Waals surface area (Å²) >= 11 is 0. The average molecular weight is 1210 g/mol. The predicted octanol–water partition coefficient (Wildman–Crippen LogP) is 4.30. The van der Waals surface area contributed by atoms with Crippen LogP contribution in [-0.2, 0) is 76.0 Å². The molecule has 6 aliphatic rings. The highest BCUT2D eigenvalue weighted by molar-refractivity contribution is 5.70. The predicted molar refractivity (Wildman–Crippen MR) is 297 cm³/mol. The maximum atomic E-state index is 14.1. The van der Waals surface area contributed by atoms with E-state index in [1.807, 2.05) is 6.92 Å². The van der Waals surface area contributed by atoms with E-state index in [2.05, 4.69) is 13.8 Å². The fourth-order valence-corrected chi connectivity index (χ4v) is 11.9. The SMILES string of the molecule is CCCCCCCC(=O)OC1C(C)OC(OC2C(C)OC(OC3C(C)OC4OC5C(OC(CCCCC)CCCCCCCCCC(=O)OC3C4O)OC(C)C(O)C5O)C(OC(=O)CCCCC)C2OC2OC(C)C(O)C(O)C2O)C(O)C1O. The van der Waals surface area contributed by atoms with Crippen LogP contribution in [0.5, 0.6) is 0 Å². The Labute approximate surface area is 496 Å². The third-order valence-electron chi connectivity index (χ3n) is 17.1. The molecule has 488 valence electrons. The van der Waals surface area contributed by atoms with Crippen LogP contribution in [-0.4, -0.2) is 218 Å². The van der Waals surface area contributed by atoms with Crippen LogP contribution in [0.1, 0.15) is 203 Å². The largest absolute Gasteiger partial charge is 0.457 e. The van der Waals surface area contributed by atoms with Gasteiger partial charge in [-0.25, -0.2) is 0 Å². The number of hydrogen-bond acceptors (Lipinski definition) is 24. The monoisotopic (exact) mass is 1210 g/mol. The van der Waals surface area contributed by atoms with Crippen molar-refractivity contribution in [2.24, 2.45) is 0 Å². The van der Waals surface area contributed by atoms with Gasteiger partial charge < -0.3 is 102 Å². The Hall–Kier alpha value is -2.31. The molecule has 2 bridgehead atoms. The first-order valence-electron chi connectivity index (χ1n) is 31.8. The van der Waals surface area contributed by atoms with E-state index in [4.69, 9.17) is 61.6 Å². The first kappa shape index (κ1) is 70.8. The lowest BCUT2D eigenvalue weighted by molar-refractivity contribution is -0.399. The van der Waals surface area contributed by atoms with Crippen LogP contribution in [0.4, 0.5) is 0 Å². The van der Waals surface area contributed by atoms with E-state index in [9.17, 15) is 55.2 Å². The zero-order valence-corrected chi connectivity index (χ0v) is 50.9. The van der Waals surface area contributed by atoms with Crippen molar-refractivity contribution in [3.63, 3.8) is 0 Å². The lowest BCUT2D eigenvalue weighted by Gasteiger charge is -2.51. The number of carbonyl (C=O) groups is 3. The zero-order chi connectivity index (χ0) is 61.2.